The lowest BCUT2D eigenvalue weighted by atomic mass is 9.82. The van der Waals surface area contributed by atoms with Crippen molar-refractivity contribution in [1.29, 1.82) is 0 Å². The number of hydrogen-bond donors (Lipinski definition) is 2. The topological polar surface area (TPSA) is 55.1 Å². The zero-order valence-electron chi connectivity index (χ0n) is 11.4. The lowest BCUT2D eigenvalue weighted by molar-refractivity contribution is -0.125. The van der Waals surface area contributed by atoms with Gasteiger partial charge in [-0.05, 0) is 44.2 Å². The van der Waals surface area contributed by atoms with Gasteiger partial charge in [-0.15, -0.1) is 0 Å². The fraction of sp³-hybridized carbons (Fsp3) is 0.533. The Labute approximate surface area is 109 Å². The smallest absolute Gasteiger partial charge is 0.229 e. The first kappa shape index (κ1) is 13.1. The Morgan fingerprint density at radius 2 is 2.11 bits per heavy atom. The van der Waals surface area contributed by atoms with Crippen LogP contribution in [0.2, 0.25) is 0 Å². The van der Waals surface area contributed by atoms with E-state index < -0.39 is 5.41 Å². The quantitative estimate of drug-likeness (QED) is 0.850. The van der Waals surface area contributed by atoms with Crippen LogP contribution in [0.5, 0.6) is 0 Å². The molecule has 98 valence electrons. The van der Waals surface area contributed by atoms with Crippen LogP contribution in [0.4, 0.5) is 0 Å². The van der Waals surface area contributed by atoms with Crippen LogP contribution in [0, 0.1) is 0 Å². The van der Waals surface area contributed by atoms with Crippen molar-refractivity contribution in [3.8, 4) is 0 Å². The fourth-order valence-electron chi connectivity index (χ4n) is 2.26. The summed E-state index contributed by atoms with van der Waals surface area (Å²) in [6, 6.07) is 8.23. The molecule has 0 atom stereocenters. The summed E-state index contributed by atoms with van der Waals surface area (Å²) >= 11 is 0. The van der Waals surface area contributed by atoms with Gasteiger partial charge >= 0.3 is 0 Å². The lowest BCUT2D eigenvalue weighted by Gasteiger charge is -2.24. The summed E-state index contributed by atoms with van der Waals surface area (Å²) in [6.07, 6.45) is 3.12. The summed E-state index contributed by atoms with van der Waals surface area (Å²) < 4.78 is 0. The van der Waals surface area contributed by atoms with Gasteiger partial charge in [0.1, 0.15) is 0 Å². The molecule has 0 bridgehead atoms. The molecule has 3 heteroatoms. The van der Waals surface area contributed by atoms with Crippen LogP contribution in [0.15, 0.2) is 24.3 Å². The van der Waals surface area contributed by atoms with Gasteiger partial charge in [-0.1, -0.05) is 24.3 Å². The molecule has 1 fully saturated rings. The number of likely N-dealkylation sites (N-methyl/N-ethyl adjacent to an activating group) is 1. The van der Waals surface area contributed by atoms with Crippen LogP contribution in [-0.4, -0.2) is 18.5 Å². The molecule has 18 heavy (non-hydrogen) atoms. The maximum atomic E-state index is 11.9. The van der Waals surface area contributed by atoms with Crippen molar-refractivity contribution in [3.05, 3.63) is 35.4 Å². The van der Waals surface area contributed by atoms with Crippen molar-refractivity contribution >= 4 is 5.91 Å². The van der Waals surface area contributed by atoms with Crippen LogP contribution < -0.4 is 11.1 Å². The molecule has 0 heterocycles. The van der Waals surface area contributed by atoms with Crippen molar-refractivity contribution in [2.24, 2.45) is 5.73 Å². The second-order valence-corrected chi connectivity index (χ2v) is 5.94. The maximum absolute atomic E-state index is 11.9. The van der Waals surface area contributed by atoms with Crippen LogP contribution in [0.25, 0.3) is 0 Å². The standard InChI is InChI=1S/C15H22N2O/c1-14(2,13(18)17-3)12-6-4-5-11(9-12)10-15(16)7-8-15/h4-6,9H,7-8,10,16H2,1-3H3,(H,17,18). The number of rotatable bonds is 4. The molecule has 1 amide bonds. The Morgan fingerprint density at radius 3 is 2.67 bits per heavy atom. The Balaban J connectivity index is 2.23. The van der Waals surface area contributed by atoms with Gasteiger partial charge in [0, 0.05) is 12.6 Å². The highest BCUT2D eigenvalue weighted by molar-refractivity contribution is 5.87. The molecule has 0 aromatic heterocycles. The number of nitrogens with one attached hydrogen (secondary N) is 1. The van der Waals surface area contributed by atoms with Crippen LogP contribution in [-0.2, 0) is 16.6 Å². The second-order valence-electron chi connectivity index (χ2n) is 5.94. The zero-order chi connectivity index (χ0) is 13.4. The number of benzene rings is 1. The van der Waals surface area contributed by atoms with Gasteiger partial charge in [0.2, 0.25) is 5.91 Å². The van der Waals surface area contributed by atoms with Crippen molar-refractivity contribution in [2.45, 2.75) is 44.1 Å². The third kappa shape index (κ3) is 2.56. The zero-order valence-corrected chi connectivity index (χ0v) is 11.4. The van der Waals surface area contributed by atoms with Crippen molar-refractivity contribution in [1.82, 2.24) is 5.32 Å². The van der Waals surface area contributed by atoms with Crippen molar-refractivity contribution < 1.29 is 4.79 Å². The van der Waals surface area contributed by atoms with E-state index in [1.54, 1.807) is 7.05 Å². The Morgan fingerprint density at radius 1 is 1.44 bits per heavy atom. The Hall–Kier alpha value is -1.35. The first-order valence-electron chi connectivity index (χ1n) is 6.48. The molecule has 1 aliphatic carbocycles. The highest BCUT2D eigenvalue weighted by Gasteiger charge is 2.38. The summed E-state index contributed by atoms with van der Waals surface area (Å²) in [5.74, 6) is 0.0357. The van der Waals surface area contributed by atoms with Crippen LogP contribution >= 0.6 is 0 Å². The van der Waals surface area contributed by atoms with E-state index in [0.29, 0.717) is 0 Å². The molecular weight excluding hydrogens is 224 g/mol. The van der Waals surface area contributed by atoms with Gasteiger partial charge in [0.05, 0.1) is 5.41 Å². The Bertz CT molecular complexity index is 461. The summed E-state index contributed by atoms with van der Waals surface area (Å²) in [6.45, 7) is 3.89. The van der Waals surface area contributed by atoms with Gasteiger partial charge in [-0.25, -0.2) is 0 Å². The fourth-order valence-corrected chi connectivity index (χ4v) is 2.26. The number of amides is 1. The first-order valence-corrected chi connectivity index (χ1v) is 6.48. The second kappa shape index (κ2) is 4.39. The van der Waals surface area contributed by atoms with Crippen molar-refractivity contribution in [2.75, 3.05) is 7.05 Å². The van der Waals surface area contributed by atoms with Gasteiger partial charge < -0.3 is 11.1 Å². The maximum Gasteiger partial charge on any atom is 0.229 e. The van der Waals surface area contributed by atoms with E-state index in [9.17, 15) is 4.79 Å². The molecule has 3 nitrogen and oxygen atoms in total. The van der Waals surface area contributed by atoms with Gasteiger partial charge in [-0.3, -0.25) is 4.79 Å². The molecule has 1 aromatic rings. The first-order chi connectivity index (χ1) is 8.37. The third-order valence-corrected chi connectivity index (χ3v) is 3.89. The number of nitrogens with two attached hydrogens (primary N) is 1. The molecular formula is C15H22N2O. The summed E-state index contributed by atoms with van der Waals surface area (Å²) in [5.41, 5.74) is 7.92. The highest BCUT2D eigenvalue weighted by atomic mass is 16.2. The largest absolute Gasteiger partial charge is 0.358 e. The molecule has 0 aliphatic heterocycles. The van der Waals surface area contributed by atoms with Gasteiger partial charge in [0.15, 0.2) is 0 Å². The molecule has 3 N–H and O–H groups in total. The number of carbonyl (C=O) groups is 1. The van der Waals surface area contributed by atoms with Gasteiger partial charge in [-0.2, -0.15) is 0 Å². The molecule has 1 saturated carbocycles. The molecule has 0 spiro atoms. The van der Waals surface area contributed by atoms with Crippen LogP contribution in [0.3, 0.4) is 0 Å². The van der Waals surface area contributed by atoms with E-state index in [-0.39, 0.29) is 11.4 Å². The minimum atomic E-state index is -0.504. The molecule has 1 aromatic carbocycles. The van der Waals surface area contributed by atoms with E-state index in [0.717, 1.165) is 24.8 Å². The third-order valence-electron chi connectivity index (χ3n) is 3.89. The minimum absolute atomic E-state index is 0.00970. The van der Waals surface area contributed by atoms with E-state index in [4.69, 9.17) is 5.73 Å². The summed E-state index contributed by atoms with van der Waals surface area (Å²) in [7, 11) is 1.67. The van der Waals surface area contributed by atoms with E-state index >= 15 is 0 Å². The van der Waals surface area contributed by atoms with E-state index in [1.165, 1.54) is 5.56 Å². The Kier molecular flexibility index (Phi) is 3.20. The number of hydrogen-bond acceptors (Lipinski definition) is 2. The monoisotopic (exact) mass is 246 g/mol. The molecule has 0 saturated heterocycles. The average Bonchev–Trinajstić information content (AvgIpc) is 3.05. The van der Waals surface area contributed by atoms with Crippen LogP contribution in [0.1, 0.15) is 37.8 Å². The van der Waals surface area contributed by atoms with E-state index in [1.807, 2.05) is 26.0 Å². The SMILES string of the molecule is CNC(=O)C(C)(C)c1cccc(CC2(N)CC2)c1. The normalized spacial score (nSPS) is 17.3. The van der Waals surface area contributed by atoms with Crippen molar-refractivity contribution in [3.63, 3.8) is 0 Å². The molecule has 0 radical (unpaired) electrons. The average molecular weight is 246 g/mol. The summed E-state index contributed by atoms with van der Waals surface area (Å²) in [5, 5.41) is 2.72. The molecule has 2 rings (SSSR count). The summed E-state index contributed by atoms with van der Waals surface area (Å²) in [4.78, 5) is 11.9. The highest BCUT2D eigenvalue weighted by Crippen LogP contribution is 2.36. The predicted octanol–water partition coefficient (Wildman–Crippen LogP) is 1.74. The number of carbonyl (C=O) groups excluding carboxylic acids is 1. The van der Waals surface area contributed by atoms with E-state index in [2.05, 4.69) is 17.4 Å². The predicted molar refractivity (Wildman–Crippen MR) is 73.4 cm³/mol. The van der Waals surface area contributed by atoms with Gasteiger partial charge in [0.25, 0.3) is 0 Å². The molecule has 1 aliphatic rings. The lowest BCUT2D eigenvalue weighted by Crippen LogP contribution is -2.38. The minimum Gasteiger partial charge on any atom is -0.358 e. The molecule has 0 unspecified atom stereocenters.